The van der Waals surface area contributed by atoms with Gasteiger partial charge in [-0.25, -0.2) is 18.6 Å². The molecule has 4 rings (SSSR count). The third kappa shape index (κ3) is 7.75. The number of piperazine rings is 1. The summed E-state index contributed by atoms with van der Waals surface area (Å²) < 4.78 is 34.6. The predicted molar refractivity (Wildman–Crippen MR) is 144 cm³/mol. The molecule has 0 bridgehead atoms. The van der Waals surface area contributed by atoms with Crippen molar-refractivity contribution in [2.24, 2.45) is 5.92 Å². The number of hydrogen-bond acceptors (Lipinski definition) is 8. The van der Waals surface area contributed by atoms with Crippen LogP contribution in [-0.4, -0.2) is 87.3 Å². The molecule has 2 aromatic rings. The summed E-state index contributed by atoms with van der Waals surface area (Å²) in [6, 6.07) is 15.7. The van der Waals surface area contributed by atoms with E-state index in [-0.39, 0.29) is 17.5 Å². The molecule has 0 spiro atoms. The molecule has 0 aromatic heterocycles. The first-order chi connectivity index (χ1) is 18.4. The lowest BCUT2D eigenvalue weighted by Gasteiger charge is -2.38. The summed E-state index contributed by atoms with van der Waals surface area (Å²) in [5, 5.41) is 12.6. The number of rotatable bonds is 11. The van der Waals surface area contributed by atoms with Crippen LogP contribution in [0.25, 0.3) is 0 Å². The molecule has 208 valence electrons. The SMILES string of the molecule is CC(Oc1ccc(S(=O)(=O)NCC(C(=O)NO)N2CCN(Cc3ccccc3)CC2)cc1)C1CCNCC1. The average Bonchev–Trinajstić information content (AvgIpc) is 2.95. The molecule has 0 saturated carbocycles. The zero-order chi connectivity index (χ0) is 27.0. The van der Waals surface area contributed by atoms with E-state index in [0.29, 0.717) is 24.8 Å². The molecule has 0 radical (unpaired) electrons. The number of nitrogens with zero attached hydrogens (tertiary/aromatic N) is 2. The molecule has 2 aliphatic heterocycles. The Morgan fingerprint density at radius 1 is 1.05 bits per heavy atom. The molecule has 38 heavy (non-hydrogen) atoms. The van der Waals surface area contributed by atoms with Crippen LogP contribution in [0.1, 0.15) is 25.3 Å². The lowest BCUT2D eigenvalue weighted by molar-refractivity contribution is -0.135. The second-order valence-electron chi connectivity index (χ2n) is 10.0. The number of ether oxygens (including phenoxy) is 1. The van der Waals surface area contributed by atoms with Crippen molar-refractivity contribution in [1.29, 1.82) is 0 Å². The van der Waals surface area contributed by atoms with Gasteiger partial charge in [-0.1, -0.05) is 30.3 Å². The van der Waals surface area contributed by atoms with Crippen molar-refractivity contribution in [3.05, 3.63) is 60.2 Å². The predicted octanol–water partition coefficient (Wildman–Crippen LogP) is 1.42. The van der Waals surface area contributed by atoms with Gasteiger partial charge in [-0.2, -0.15) is 0 Å². The first-order valence-electron chi connectivity index (χ1n) is 13.3. The molecule has 2 unspecified atom stereocenters. The molecular formula is C27H39N5O5S. The van der Waals surface area contributed by atoms with E-state index in [4.69, 9.17) is 4.74 Å². The van der Waals surface area contributed by atoms with Crippen LogP contribution in [0.15, 0.2) is 59.5 Å². The van der Waals surface area contributed by atoms with Crippen LogP contribution < -0.4 is 20.3 Å². The van der Waals surface area contributed by atoms with Gasteiger partial charge in [-0.15, -0.1) is 0 Å². The van der Waals surface area contributed by atoms with Crippen molar-refractivity contribution < 1.29 is 23.2 Å². The smallest absolute Gasteiger partial charge is 0.262 e. The average molecular weight is 546 g/mol. The van der Waals surface area contributed by atoms with Crippen LogP contribution in [0.3, 0.4) is 0 Å². The number of piperidine rings is 1. The number of nitrogens with one attached hydrogen (secondary N) is 3. The molecule has 4 N–H and O–H groups in total. The second-order valence-corrected chi connectivity index (χ2v) is 11.8. The van der Waals surface area contributed by atoms with Crippen LogP contribution >= 0.6 is 0 Å². The third-order valence-corrected chi connectivity index (χ3v) is 8.92. The summed E-state index contributed by atoms with van der Waals surface area (Å²) in [7, 11) is -3.87. The molecule has 2 heterocycles. The molecule has 2 fully saturated rings. The molecule has 2 aliphatic rings. The monoisotopic (exact) mass is 545 g/mol. The zero-order valence-electron chi connectivity index (χ0n) is 21.9. The fraction of sp³-hybridized carbons (Fsp3) is 0.519. The fourth-order valence-corrected chi connectivity index (χ4v) is 6.17. The highest BCUT2D eigenvalue weighted by Crippen LogP contribution is 2.23. The van der Waals surface area contributed by atoms with Crippen molar-refractivity contribution >= 4 is 15.9 Å². The Morgan fingerprint density at radius 3 is 2.34 bits per heavy atom. The Kier molecular flexibility index (Phi) is 10.1. The number of hydroxylamine groups is 1. The number of amides is 1. The quantitative estimate of drug-likeness (QED) is 0.247. The van der Waals surface area contributed by atoms with E-state index in [9.17, 15) is 18.4 Å². The largest absolute Gasteiger partial charge is 0.490 e. The van der Waals surface area contributed by atoms with Gasteiger partial charge in [-0.3, -0.25) is 19.8 Å². The summed E-state index contributed by atoms with van der Waals surface area (Å²) in [6.45, 7) is 7.30. The summed E-state index contributed by atoms with van der Waals surface area (Å²) in [6.07, 6.45) is 2.16. The van der Waals surface area contributed by atoms with Crippen molar-refractivity contribution in [2.75, 3.05) is 45.8 Å². The number of sulfonamides is 1. The van der Waals surface area contributed by atoms with Crippen molar-refractivity contribution in [3.63, 3.8) is 0 Å². The van der Waals surface area contributed by atoms with Crippen LogP contribution in [0.4, 0.5) is 0 Å². The van der Waals surface area contributed by atoms with Gasteiger partial charge in [0, 0.05) is 39.3 Å². The van der Waals surface area contributed by atoms with Gasteiger partial charge in [0.2, 0.25) is 10.0 Å². The number of carbonyl (C=O) groups is 1. The number of hydrogen-bond donors (Lipinski definition) is 4. The van der Waals surface area contributed by atoms with E-state index in [1.165, 1.54) is 17.7 Å². The summed E-state index contributed by atoms with van der Waals surface area (Å²) in [5.74, 6) is 0.455. The highest BCUT2D eigenvalue weighted by molar-refractivity contribution is 7.89. The minimum atomic E-state index is -3.87. The maximum absolute atomic E-state index is 13.0. The topological polar surface area (TPSA) is 123 Å². The Bertz CT molecular complexity index is 1120. The summed E-state index contributed by atoms with van der Waals surface area (Å²) >= 11 is 0. The third-order valence-electron chi connectivity index (χ3n) is 7.48. The number of carbonyl (C=O) groups excluding carboxylic acids is 1. The Morgan fingerprint density at radius 2 is 1.71 bits per heavy atom. The minimum Gasteiger partial charge on any atom is -0.490 e. The summed E-state index contributed by atoms with van der Waals surface area (Å²) in [5.41, 5.74) is 2.91. The van der Waals surface area contributed by atoms with Gasteiger partial charge < -0.3 is 10.1 Å². The van der Waals surface area contributed by atoms with Crippen LogP contribution in [-0.2, 0) is 21.4 Å². The van der Waals surface area contributed by atoms with E-state index < -0.39 is 22.0 Å². The minimum absolute atomic E-state index is 0.0450. The van der Waals surface area contributed by atoms with Crippen LogP contribution in [0, 0.1) is 5.92 Å². The fourth-order valence-electron chi connectivity index (χ4n) is 5.13. The zero-order valence-corrected chi connectivity index (χ0v) is 22.7. The Balaban J connectivity index is 1.31. The van der Waals surface area contributed by atoms with Gasteiger partial charge in [0.05, 0.1) is 11.0 Å². The lowest BCUT2D eigenvalue weighted by atomic mass is 9.93. The molecule has 2 aromatic carbocycles. The van der Waals surface area contributed by atoms with E-state index in [1.807, 2.05) is 23.1 Å². The van der Waals surface area contributed by atoms with Crippen molar-refractivity contribution in [1.82, 2.24) is 25.3 Å². The lowest BCUT2D eigenvalue weighted by Crippen LogP contribution is -2.57. The molecule has 1 amide bonds. The summed E-state index contributed by atoms with van der Waals surface area (Å²) in [4.78, 5) is 16.7. The van der Waals surface area contributed by atoms with Crippen LogP contribution in [0.2, 0.25) is 0 Å². The Labute approximate surface area is 225 Å². The number of benzene rings is 2. The van der Waals surface area contributed by atoms with E-state index in [2.05, 4.69) is 34.0 Å². The molecular weight excluding hydrogens is 506 g/mol. The highest BCUT2D eigenvalue weighted by Gasteiger charge is 2.30. The standard InChI is InChI=1S/C27H39N5O5S/c1-21(23-11-13-28-14-12-23)37-24-7-9-25(10-8-24)38(35,36)29-19-26(27(33)30-34)32-17-15-31(16-18-32)20-22-5-3-2-4-6-22/h2-10,21,23,26,28-29,34H,11-20H2,1H3,(H,30,33). The molecule has 2 saturated heterocycles. The van der Waals surface area contributed by atoms with Crippen LogP contribution in [0.5, 0.6) is 5.75 Å². The van der Waals surface area contributed by atoms with E-state index in [0.717, 1.165) is 45.6 Å². The van der Waals surface area contributed by atoms with Gasteiger partial charge in [0.25, 0.3) is 5.91 Å². The van der Waals surface area contributed by atoms with Gasteiger partial charge in [-0.05, 0) is 68.6 Å². The van der Waals surface area contributed by atoms with Crippen molar-refractivity contribution in [2.45, 2.75) is 43.4 Å². The first kappa shape index (κ1) is 28.5. The Hall–Kier alpha value is -2.54. The van der Waals surface area contributed by atoms with Gasteiger partial charge in [0.1, 0.15) is 11.8 Å². The maximum atomic E-state index is 13.0. The van der Waals surface area contributed by atoms with Gasteiger partial charge in [0.15, 0.2) is 0 Å². The first-order valence-corrected chi connectivity index (χ1v) is 14.8. The van der Waals surface area contributed by atoms with Crippen molar-refractivity contribution in [3.8, 4) is 5.75 Å². The van der Waals surface area contributed by atoms with E-state index >= 15 is 0 Å². The van der Waals surface area contributed by atoms with E-state index in [1.54, 1.807) is 17.6 Å². The normalized spacial score (nSPS) is 19.5. The molecule has 11 heteroatoms. The molecule has 0 aliphatic carbocycles. The van der Waals surface area contributed by atoms with Gasteiger partial charge >= 0.3 is 0 Å². The maximum Gasteiger partial charge on any atom is 0.262 e. The molecule has 10 nitrogen and oxygen atoms in total. The molecule has 2 atom stereocenters. The second kappa shape index (κ2) is 13.5. The highest BCUT2D eigenvalue weighted by atomic mass is 32.2.